The van der Waals surface area contributed by atoms with Gasteiger partial charge >= 0.3 is 0 Å². The van der Waals surface area contributed by atoms with E-state index in [9.17, 15) is 8.42 Å². The molecule has 8 heteroatoms. The average Bonchev–Trinajstić information content (AvgIpc) is 2.41. The van der Waals surface area contributed by atoms with Gasteiger partial charge in [0.1, 0.15) is 0 Å². The molecule has 1 rings (SSSR count). The van der Waals surface area contributed by atoms with E-state index in [4.69, 9.17) is 15.7 Å². The molecule has 0 unspecified atom stereocenters. The molecule has 0 heterocycles. The number of nitriles is 1. The Bertz CT molecular complexity index is 598. The van der Waals surface area contributed by atoms with Crippen molar-refractivity contribution >= 4 is 31.6 Å². The Labute approximate surface area is 127 Å². The summed E-state index contributed by atoms with van der Waals surface area (Å²) >= 11 is 3.22. The van der Waals surface area contributed by atoms with Gasteiger partial charge in [0.25, 0.3) is 0 Å². The molecule has 0 spiro atoms. The van der Waals surface area contributed by atoms with Crippen LogP contribution in [0.3, 0.4) is 0 Å². The number of nitrogens with zero attached hydrogens (tertiary/aromatic N) is 2. The van der Waals surface area contributed by atoms with Gasteiger partial charge in [0, 0.05) is 36.8 Å². The highest BCUT2D eigenvalue weighted by Gasteiger charge is 2.24. The van der Waals surface area contributed by atoms with Crippen LogP contribution in [0.5, 0.6) is 0 Å². The maximum absolute atomic E-state index is 12.5. The zero-order chi connectivity index (χ0) is 15.2. The molecule has 6 nitrogen and oxygen atoms in total. The third-order valence-corrected chi connectivity index (χ3v) is 5.24. The Kier molecular flexibility index (Phi) is 6.42. The first-order chi connectivity index (χ1) is 9.43. The Morgan fingerprint density at radius 3 is 2.70 bits per heavy atom. The van der Waals surface area contributed by atoms with Gasteiger partial charge in [0.05, 0.1) is 17.6 Å². The van der Waals surface area contributed by atoms with E-state index in [1.165, 1.54) is 23.5 Å². The largest absolute Gasteiger partial charge is 0.398 e. The zero-order valence-corrected chi connectivity index (χ0v) is 13.4. The maximum atomic E-state index is 12.5. The second-order valence-corrected chi connectivity index (χ2v) is 6.78. The molecule has 1 aromatic carbocycles. The summed E-state index contributed by atoms with van der Waals surface area (Å²) in [6.45, 7) is 0.575. The Hall–Kier alpha value is -1.14. The van der Waals surface area contributed by atoms with Crippen LogP contribution in [-0.2, 0) is 14.8 Å². The number of anilines is 1. The van der Waals surface area contributed by atoms with E-state index in [0.29, 0.717) is 10.2 Å². The minimum absolute atomic E-state index is 0.104. The third kappa shape index (κ3) is 4.18. The minimum Gasteiger partial charge on any atom is -0.398 e. The van der Waals surface area contributed by atoms with Crippen LogP contribution in [0.2, 0.25) is 0 Å². The van der Waals surface area contributed by atoms with Crippen LogP contribution in [-0.4, -0.2) is 39.5 Å². The number of halogens is 1. The highest BCUT2D eigenvalue weighted by molar-refractivity contribution is 9.10. The van der Waals surface area contributed by atoms with Crippen LogP contribution in [0.25, 0.3) is 0 Å². The van der Waals surface area contributed by atoms with Gasteiger partial charge in [0.2, 0.25) is 10.0 Å². The van der Waals surface area contributed by atoms with Crippen molar-refractivity contribution in [3.63, 3.8) is 0 Å². The standard InChI is InChI=1S/C12H16BrN3O3S/c1-19-8-7-16(6-2-5-14)20(17,18)10-3-4-11(13)12(15)9-10/h3-4,9H,2,6-8,15H2,1H3. The first-order valence-electron chi connectivity index (χ1n) is 5.84. The molecule has 0 fully saturated rings. The average molecular weight is 362 g/mol. The first-order valence-corrected chi connectivity index (χ1v) is 8.08. The number of nitrogen functional groups attached to an aromatic ring is 1. The smallest absolute Gasteiger partial charge is 0.243 e. The van der Waals surface area contributed by atoms with Crippen LogP contribution in [0.4, 0.5) is 5.69 Å². The fourth-order valence-electron chi connectivity index (χ4n) is 1.55. The molecule has 2 N–H and O–H groups in total. The summed E-state index contributed by atoms with van der Waals surface area (Å²) in [4.78, 5) is 0.104. The van der Waals surface area contributed by atoms with Gasteiger partial charge in [-0.2, -0.15) is 9.57 Å². The summed E-state index contributed by atoms with van der Waals surface area (Å²) in [5.41, 5.74) is 6.06. The second-order valence-electron chi connectivity index (χ2n) is 3.99. The summed E-state index contributed by atoms with van der Waals surface area (Å²) in [6, 6.07) is 6.39. The van der Waals surface area contributed by atoms with E-state index < -0.39 is 10.0 Å². The van der Waals surface area contributed by atoms with Gasteiger partial charge < -0.3 is 10.5 Å². The van der Waals surface area contributed by atoms with E-state index in [0.717, 1.165) is 0 Å². The number of hydrogen-bond donors (Lipinski definition) is 1. The van der Waals surface area contributed by atoms with Crippen LogP contribution in [0.15, 0.2) is 27.6 Å². The fourth-order valence-corrected chi connectivity index (χ4v) is 3.26. The molecule has 0 atom stereocenters. The van der Waals surface area contributed by atoms with Crippen molar-refractivity contribution in [1.29, 1.82) is 5.26 Å². The summed E-state index contributed by atoms with van der Waals surface area (Å²) in [7, 11) is -2.19. The molecule has 1 aromatic rings. The van der Waals surface area contributed by atoms with E-state index in [1.807, 2.05) is 6.07 Å². The highest BCUT2D eigenvalue weighted by atomic mass is 79.9. The lowest BCUT2D eigenvalue weighted by atomic mass is 10.3. The van der Waals surface area contributed by atoms with Gasteiger partial charge in [-0.25, -0.2) is 8.42 Å². The van der Waals surface area contributed by atoms with Gasteiger partial charge in [-0.05, 0) is 34.1 Å². The monoisotopic (exact) mass is 361 g/mol. The van der Waals surface area contributed by atoms with Crippen LogP contribution < -0.4 is 5.73 Å². The molecular weight excluding hydrogens is 346 g/mol. The molecular formula is C12H16BrN3O3S. The number of sulfonamides is 1. The van der Waals surface area contributed by atoms with Crippen molar-refractivity contribution in [2.75, 3.05) is 32.5 Å². The number of rotatable bonds is 7. The second kappa shape index (κ2) is 7.59. The molecule has 0 amide bonds. The van der Waals surface area contributed by atoms with Crippen molar-refractivity contribution in [1.82, 2.24) is 4.31 Å². The molecule has 0 aromatic heterocycles. The lowest BCUT2D eigenvalue weighted by molar-refractivity contribution is 0.179. The van der Waals surface area contributed by atoms with E-state index in [2.05, 4.69) is 15.9 Å². The molecule has 0 saturated heterocycles. The fraction of sp³-hybridized carbons (Fsp3) is 0.417. The van der Waals surface area contributed by atoms with E-state index in [-0.39, 0.29) is 31.0 Å². The minimum atomic E-state index is -3.68. The molecule has 0 aliphatic rings. The predicted octanol–water partition coefficient (Wildman–Crippen LogP) is 1.58. The first kappa shape index (κ1) is 16.9. The van der Waals surface area contributed by atoms with Gasteiger partial charge in [0.15, 0.2) is 0 Å². The van der Waals surface area contributed by atoms with Crippen molar-refractivity contribution in [2.45, 2.75) is 11.3 Å². The van der Waals surface area contributed by atoms with Crippen molar-refractivity contribution in [2.24, 2.45) is 0 Å². The van der Waals surface area contributed by atoms with Gasteiger partial charge in [-0.1, -0.05) is 0 Å². The van der Waals surface area contributed by atoms with E-state index in [1.54, 1.807) is 6.07 Å². The third-order valence-electron chi connectivity index (χ3n) is 2.62. The molecule has 0 aliphatic carbocycles. The van der Waals surface area contributed by atoms with Crippen molar-refractivity contribution in [3.05, 3.63) is 22.7 Å². The molecule has 110 valence electrons. The quantitative estimate of drug-likeness (QED) is 0.743. The van der Waals surface area contributed by atoms with Crippen LogP contribution >= 0.6 is 15.9 Å². The van der Waals surface area contributed by atoms with Crippen LogP contribution in [0, 0.1) is 11.3 Å². The zero-order valence-electron chi connectivity index (χ0n) is 11.0. The lowest BCUT2D eigenvalue weighted by Crippen LogP contribution is -2.34. The number of methoxy groups -OCH3 is 1. The molecule has 20 heavy (non-hydrogen) atoms. The highest BCUT2D eigenvalue weighted by Crippen LogP contribution is 2.24. The summed E-state index contributed by atoms with van der Waals surface area (Å²) in [6.07, 6.45) is 0.120. The number of hydrogen-bond acceptors (Lipinski definition) is 5. The summed E-state index contributed by atoms with van der Waals surface area (Å²) < 4.78 is 31.8. The van der Waals surface area contributed by atoms with E-state index >= 15 is 0 Å². The topological polar surface area (TPSA) is 96.4 Å². The Morgan fingerprint density at radius 1 is 1.45 bits per heavy atom. The molecule has 0 radical (unpaired) electrons. The van der Waals surface area contributed by atoms with Gasteiger partial charge in [-0.15, -0.1) is 0 Å². The SMILES string of the molecule is COCCN(CCC#N)S(=O)(=O)c1ccc(Br)c(N)c1. The van der Waals surface area contributed by atoms with Crippen LogP contribution in [0.1, 0.15) is 6.42 Å². The Morgan fingerprint density at radius 2 is 2.15 bits per heavy atom. The molecule has 0 saturated carbocycles. The summed E-state index contributed by atoms with van der Waals surface area (Å²) in [5, 5.41) is 8.63. The summed E-state index contributed by atoms with van der Waals surface area (Å²) in [5.74, 6) is 0. The lowest BCUT2D eigenvalue weighted by Gasteiger charge is -2.21. The normalized spacial score (nSPS) is 11.5. The maximum Gasteiger partial charge on any atom is 0.243 e. The number of nitrogens with two attached hydrogens (primary N) is 1. The molecule has 0 aliphatic heterocycles. The van der Waals surface area contributed by atoms with Crippen molar-refractivity contribution in [3.8, 4) is 6.07 Å². The number of ether oxygens (including phenoxy) is 1. The van der Waals surface area contributed by atoms with Gasteiger partial charge in [-0.3, -0.25) is 0 Å². The van der Waals surface area contributed by atoms with Crippen molar-refractivity contribution < 1.29 is 13.2 Å². The molecule has 0 bridgehead atoms. The Balaban J connectivity index is 3.07. The number of benzene rings is 1. The predicted molar refractivity (Wildman–Crippen MR) is 79.4 cm³/mol.